The molecule has 0 aliphatic carbocycles. The molecule has 4 rings (SSSR count). The second-order valence-electron chi connectivity index (χ2n) is 6.96. The number of carbonyl (C=O) groups is 2. The number of nitrogens with zero attached hydrogens (tertiary/aromatic N) is 3. The van der Waals surface area contributed by atoms with Crippen LogP contribution in [0.15, 0.2) is 48.8 Å². The van der Waals surface area contributed by atoms with Crippen LogP contribution in [-0.2, 0) is 7.05 Å². The Balaban J connectivity index is 1.48. The molecule has 0 unspecified atom stereocenters. The molecule has 1 aromatic carbocycles. The van der Waals surface area contributed by atoms with Gasteiger partial charge in [-0.3, -0.25) is 14.6 Å². The molecule has 1 aliphatic rings. The summed E-state index contributed by atoms with van der Waals surface area (Å²) < 4.78 is 1.90. The number of ketones is 1. The normalized spacial score (nSPS) is 15.3. The van der Waals surface area contributed by atoms with Crippen LogP contribution in [-0.4, -0.2) is 39.2 Å². The van der Waals surface area contributed by atoms with Gasteiger partial charge in [-0.1, -0.05) is 11.6 Å². The van der Waals surface area contributed by atoms with Crippen LogP contribution in [0.4, 0.5) is 0 Å². The average molecular weight is 382 g/mol. The van der Waals surface area contributed by atoms with E-state index in [1.807, 2.05) is 40.8 Å². The fraction of sp³-hybridized carbons (Fsp3) is 0.286. The van der Waals surface area contributed by atoms with Crippen molar-refractivity contribution < 1.29 is 9.59 Å². The van der Waals surface area contributed by atoms with Gasteiger partial charge in [0, 0.05) is 59.9 Å². The third kappa shape index (κ3) is 3.35. The number of Topliss-reactive ketones (excluding diaryl/α,β-unsaturated/α-hetero) is 1. The minimum absolute atomic E-state index is 0.000340. The first-order chi connectivity index (χ1) is 13.0. The fourth-order valence-corrected chi connectivity index (χ4v) is 3.96. The van der Waals surface area contributed by atoms with E-state index in [4.69, 9.17) is 11.6 Å². The van der Waals surface area contributed by atoms with Crippen molar-refractivity contribution in [3.05, 3.63) is 65.1 Å². The number of rotatable bonds is 3. The van der Waals surface area contributed by atoms with Crippen molar-refractivity contribution >= 4 is 34.2 Å². The molecule has 3 aromatic rings. The lowest BCUT2D eigenvalue weighted by Gasteiger charge is -2.31. The first-order valence-electron chi connectivity index (χ1n) is 9.03. The largest absolute Gasteiger partial charge is 0.340 e. The van der Waals surface area contributed by atoms with Crippen LogP contribution >= 0.6 is 11.6 Å². The van der Waals surface area contributed by atoms with E-state index in [1.54, 1.807) is 24.5 Å². The van der Waals surface area contributed by atoms with E-state index in [0.29, 0.717) is 42.2 Å². The zero-order valence-electron chi connectivity index (χ0n) is 15.1. The first kappa shape index (κ1) is 17.7. The van der Waals surface area contributed by atoms with Crippen LogP contribution < -0.4 is 0 Å². The van der Waals surface area contributed by atoms with Gasteiger partial charge in [0.15, 0.2) is 5.78 Å². The SMILES string of the molecule is Cn1c(C(=O)N2CCC(C(=O)c3ccncc3)CC2)cc2cc(Cl)ccc21. The van der Waals surface area contributed by atoms with E-state index in [1.165, 1.54) is 0 Å². The summed E-state index contributed by atoms with van der Waals surface area (Å²) in [5.41, 5.74) is 2.32. The second-order valence-corrected chi connectivity index (χ2v) is 7.39. The predicted molar refractivity (Wildman–Crippen MR) is 105 cm³/mol. The monoisotopic (exact) mass is 381 g/mol. The molecule has 1 amide bonds. The van der Waals surface area contributed by atoms with Crippen molar-refractivity contribution in [2.75, 3.05) is 13.1 Å². The van der Waals surface area contributed by atoms with Gasteiger partial charge in [-0.05, 0) is 49.2 Å². The van der Waals surface area contributed by atoms with E-state index >= 15 is 0 Å². The smallest absolute Gasteiger partial charge is 0.270 e. The molecular formula is C21H20ClN3O2. The van der Waals surface area contributed by atoms with E-state index in [0.717, 1.165) is 10.9 Å². The van der Waals surface area contributed by atoms with Crippen molar-refractivity contribution in [3.63, 3.8) is 0 Å². The molecule has 0 N–H and O–H groups in total. The zero-order valence-corrected chi connectivity index (χ0v) is 15.8. The average Bonchev–Trinajstić information content (AvgIpc) is 3.03. The van der Waals surface area contributed by atoms with Gasteiger partial charge in [0.05, 0.1) is 0 Å². The van der Waals surface area contributed by atoms with Gasteiger partial charge in [-0.15, -0.1) is 0 Å². The van der Waals surface area contributed by atoms with Crippen molar-refractivity contribution in [1.82, 2.24) is 14.5 Å². The summed E-state index contributed by atoms with van der Waals surface area (Å²) in [5.74, 6) is 0.103. The molecule has 0 radical (unpaired) electrons. The van der Waals surface area contributed by atoms with Gasteiger partial charge in [0.25, 0.3) is 5.91 Å². The Morgan fingerprint density at radius 3 is 2.48 bits per heavy atom. The molecule has 27 heavy (non-hydrogen) atoms. The second kappa shape index (κ2) is 7.16. The van der Waals surface area contributed by atoms with Crippen LogP contribution in [0.1, 0.15) is 33.7 Å². The number of halogens is 1. The van der Waals surface area contributed by atoms with Crippen LogP contribution in [0.5, 0.6) is 0 Å². The maximum atomic E-state index is 13.0. The number of hydrogen-bond acceptors (Lipinski definition) is 3. The summed E-state index contributed by atoms with van der Waals surface area (Å²) in [4.78, 5) is 31.4. The minimum Gasteiger partial charge on any atom is -0.340 e. The van der Waals surface area contributed by atoms with Crippen molar-refractivity contribution in [2.45, 2.75) is 12.8 Å². The number of hydrogen-bond donors (Lipinski definition) is 0. The van der Waals surface area contributed by atoms with Crippen LogP contribution in [0.25, 0.3) is 10.9 Å². The van der Waals surface area contributed by atoms with Gasteiger partial charge in [0.1, 0.15) is 5.69 Å². The van der Waals surface area contributed by atoms with Gasteiger partial charge in [0.2, 0.25) is 0 Å². The summed E-state index contributed by atoms with van der Waals surface area (Å²) in [6.45, 7) is 1.17. The standard InChI is InChI=1S/C21H20ClN3O2/c1-24-18-3-2-17(22)12-16(18)13-19(24)21(27)25-10-6-15(7-11-25)20(26)14-4-8-23-9-5-14/h2-5,8-9,12-13,15H,6-7,10-11H2,1H3. The number of likely N-dealkylation sites (tertiary alicyclic amines) is 1. The first-order valence-corrected chi connectivity index (χ1v) is 9.41. The molecule has 5 nitrogen and oxygen atoms in total. The molecule has 0 atom stereocenters. The highest BCUT2D eigenvalue weighted by Crippen LogP contribution is 2.26. The number of pyridine rings is 1. The van der Waals surface area contributed by atoms with Crippen molar-refractivity contribution in [2.24, 2.45) is 13.0 Å². The van der Waals surface area contributed by atoms with E-state index in [-0.39, 0.29) is 17.6 Å². The molecule has 138 valence electrons. The summed E-state index contributed by atoms with van der Waals surface area (Å²) in [5, 5.41) is 1.61. The molecule has 0 spiro atoms. The number of benzene rings is 1. The Morgan fingerprint density at radius 1 is 1.07 bits per heavy atom. The molecule has 2 aromatic heterocycles. The summed E-state index contributed by atoms with van der Waals surface area (Å²) in [7, 11) is 1.89. The van der Waals surface area contributed by atoms with Crippen LogP contribution in [0.2, 0.25) is 5.02 Å². The highest BCUT2D eigenvalue weighted by Gasteiger charge is 2.29. The highest BCUT2D eigenvalue weighted by atomic mass is 35.5. The molecule has 3 heterocycles. The van der Waals surface area contributed by atoms with Gasteiger partial charge in [-0.25, -0.2) is 0 Å². The lowest BCUT2D eigenvalue weighted by molar-refractivity contribution is 0.0643. The predicted octanol–water partition coefficient (Wildman–Crippen LogP) is 3.96. The third-order valence-electron chi connectivity index (χ3n) is 5.34. The van der Waals surface area contributed by atoms with Crippen LogP contribution in [0, 0.1) is 5.92 Å². The van der Waals surface area contributed by atoms with E-state index < -0.39 is 0 Å². The van der Waals surface area contributed by atoms with Crippen molar-refractivity contribution in [3.8, 4) is 0 Å². The number of fused-ring (bicyclic) bond motifs is 1. The number of piperidine rings is 1. The van der Waals surface area contributed by atoms with Gasteiger partial charge < -0.3 is 9.47 Å². The summed E-state index contributed by atoms with van der Waals surface area (Å²) in [6.07, 6.45) is 4.64. The zero-order chi connectivity index (χ0) is 19.0. The summed E-state index contributed by atoms with van der Waals surface area (Å²) in [6, 6.07) is 11.0. The molecule has 1 fully saturated rings. The van der Waals surface area contributed by atoms with E-state index in [9.17, 15) is 9.59 Å². The number of amides is 1. The third-order valence-corrected chi connectivity index (χ3v) is 5.58. The lowest BCUT2D eigenvalue weighted by Crippen LogP contribution is -2.40. The molecular weight excluding hydrogens is 362 g/mol. The lowest BCUT2D eigenvalue weighted by atomic mass is 9.89. The van der Waals surface area contributed by atoms with Gasteiger partial charge >= 0.3 is 0 Å². The number of aromatic nitrogens is 2. The Bertz CT molecular complexity index is 1000. The van der Waals surface area contributed by atoms with Crippen LogP contribution in [0.3, 0.4) is 0 Å². The maximum absolute atomic E-state index is 13.0. The topological polar surface area (TPSA) is 55.2 Å². The molecule has 1 saturated heterocycles. The Kier molecular flexibility index (Phi) is 4.70. The molecule has 0 bridgehead atoms. The summed E-state index contributed by atoms with van der Waals surface area (Å²) >= 11 is 6.06. The quantitative estimate of drug-likeness (QED) is 0.645. The Hall–Kier alpha value is -2.66. The van der Waals surface area contributed by atoms with Gasteiger partial charge in [-0.2, -0.15) is 0 Å². The number of carbonyl (C=O) groups excluding carboxylic acids is 2. The maximum Gasteiger partial charge on any atom is 0.270 e. The Morgan fingerprint density at radius 2 is 1.78 bits per heavy atom. The Labute approximate surface area is 162 Å². The highest BCUT2D eigenvalue weighted by molar-refractivity contribution is 6.31. The van der Waals surface area contributed by atoms with Crippen molar-refractivity contribution in [1.29, 1.82) is 0 Å². The molecule has 6 heteroatoms. The minimum atomic E-state index is -0.0391. The molecule has 0 saturated carbocycles. The number of aryl methyl sites for hydroxylation is 1. The fourth-order valence-electron chi connectivity index (χ4n) is 3.78. The molecule has 1 aliphatic heterocycles. The van der Waals surface area contributed by atoms with E-state index in [2.05, 4.69) is 4.98 Å².